The molecule has 3 heteroatoms. The van der Waals surface area contributed by atoms with Gasteiger partial charge in [0.1, 0.15) is 5.82 Å². The van der Waals surface area contributed by atoms with E-state index in [9.17, 15) is 4.39 Å². The molecule has 2 nitrogen and oxygen atoms in total. The molecular formula is C13H21FN2. The van der Waals surface area contributed by atoms with Gasteiger partial charge in [0.25, 0.3) is 0 Å². The number of hydrogen-bond acceptors (Lipinski definition) is 2. The predicted molar refractivity (Wildman–Crippen MR) is 64.7 cm³/mol. The van der Waals surface area contributed by atoms with Crippen LogP contribution in [0.2, 0.25) is 0 Å². The van der Waals surface area contributed by atoms with Gasteiger partial charge in [-0.15, -0.1) is 0 Å². The molecule has 0 fully saturated rings. The van der Waals surface area contributed by atoms with E-state index in [-0.39, 0.29) is 11.9 Å². The average Bonchev–Trinajstić information content (AvgIpc) is 2.32. The van der Waals surface area contributed by atoms with Crippen LogP contribution in [0.15, 0.2) is 18.3 Å². The Bertz CT molecular complexity index is 293. The molecule has 0 aliphatic rings. The lowest BCUT2D eigenvalue weighted by atomic mass is 9.93. The fourth-order valence-corrected chi connectivity index (χ4v) is 1.94. The highest BCUT2D eigenvalue weighted by atomic mass is 19.1. The zero-order chi connectivity index (χ0) is 12.0. The Morgan fingerprint density at radius 3 is 2.44 bits per heavy atom. The van der Waals surface area contributed by atoms with Crippen molar-refractivity contribution in [2.75, 3.05) is 7.05 Å². The lowest BCUT2D eigenvalue weighted by molar-refractivity contribution is 0.380. The van der Waals surface area contributed by atoms with Crippen molar-refractivity contribution in [2.45, 2.75) is 39.2 Å². The van der Waals surface area contributed by atoms with Gasteiger partial charge in [-0.3, -0.25) is 4.98 Å². The van der Waals surface area contributed by atoms with E-state index in [0.29, 0.717) is 5.92 Å². The van der Waals surface area contributed by atoms with Crippen LogP contribution in [0.4, 0.5) is 4.39 Å². The third-order valence-electron chi connectivity index (χ3n) is 3.18. The van der Waals surface area contributed by atoms with Gasteiger partial charge in [-0.25, -0.2) is 4.39 Å². The number of aromatic nitrogens is 1. The zero-order valence-corrected chi connectivity index (χ0v) is 10.3. The second kappa shape index (κ2) is 6.59. The van der Waals surface area contributed by atoms with Gasteiger partial charge in [-0.05, 0) is 31.5 Å². The van der Waals surface area contributed by atoms with Crippen molar-refractivity contribution in [1.82, 2.24) is 10.3 Å². The molecule has 0 aliphatic heterocycles. The van der Waals surface area contributed by atoms with Crippen molar-refractivity contribution in [1.29, 1.82) is 0 Å². The average molecular weight is 224 g/mol. The van der Waals surface area contributed by atoms with Crippen LogP contribution >= 0.6 is 0 Å². The summed E-state index contributed by atoms with van der Waals surface area (Å²) in [5.74, 6) is 0.422. The smallest absolute Gasteiger partial charge is 0.141 e. The second-order valence-electron chi connectivity index (χ2n) is 4.16. The standard InChI is InChI=1S/C13H21FN2/c1-4-10(5-2)8-13(15-3)12-7-6-11(14)9-16-12/h6-7,9-10,13,15H,4-5,8H2,1-3H3. The van der Waals surface area contributed by atoms with Gasteiger partial charge in [0.15, 0.2) is 0 Å². The maximum absolute atomic E-state index is 12.8. The highest BCUT2D eigenvalue weighted by Gasteiger charge is 2.15. The minimum Gasteiger partial charge on any atom is -0.312 e. The maximum atomic E-state index is 12.8. The molecule has 0 spiro atoms. The normalized spacial score (nSPS) is 13.1. The van der Waals surface area contributed by atoms with Gasteiger partial charge in [0.05, 0.1) is 11.9 Å². The minimum absolute atomic E-state index is 0.227. The molecule has 1 unspecified atom stereocenters. The van der Waals surface area contributed by atoms with Crippen molar-refractivity contribution < 1.29 is 4.39 Å². The Kier molecular flexibility index (Phi) is 5.39. The molecular weight excluding hydrogens is 203 g/mol. The van der Waals surface area contributed by atoms with E-state index in [1.165, 1.54) is 25.1 Å². The van der Waals surface area contributed by atoms with Gasteiger partial charge < -0.3 is 5.32 Å². The predicted octanol–water partition coefficient (Wildman–Crippen LogP) is 3.31. The van der Waals surface area contributed by atoms with E-state index in [1.54, 1.807) is 6.07 Å². The highest BCUT2D eigenvalue weighted by molar-refractivity contribution is 5.09. The largest absolute Gasteiger partial charge is 0.312 e. The summed E-state index contributed by atoms with van der Waals surface area (Å²) in [5, 5.41) is 3.25. The van der Waals surface area contributed by atoms with Crippen LogP contribution < -0.4 is 5.32 Å². The first-order valence-electron chi connectivity index (χ1n) is 5.99. The lowest BCUT2D eigenvalue weighted by Crippen LogP contribution is -2.20. The first kappa shape index (κ1) is 13.1. The maximum Gasteiger partial charge on any atom is 0.141 e. The first-order chi connectivity index (χ1) is 7.71. The fraction of sp³-hybridized carbons (Fsp3) is 0.615. The quantitative estimate of drug-likeness (QED) is 0.802. The van der Waals surface area contributed by atoms with E-state index in [2.05, 4.69) is 24.1 Å². The number of rotatable bonds is 6. The molecule has 1 N–H and O–H groups in total. The second-order valence-corrected chi connectivity index (χ2v) is 4.16. The van der Waals surface area contributed by atoms with Crippen LogP contribution in [0, 0.1) is 11.7 Å². The number of hydrogen-bond donors (Lipinski definition) is 1. The lowest BCUT2D eigenvalue weighted by Gasteiger charge is -2.21. The molecule has 90 valence electrons. The molecule has 0 amide bonds. The summed E-state index contributed by atoms with van der Waals surface area (Å²) in [6.07, 6.45) is 4.69. The van der Waals surface area contributed by atoms with Crippen LogP contribution in [0.3, 0.4) is 0 Å². The number of pyridine rings is 1. The van der Waals surface area contributed by atoms with Crippen LogP contribution in [-0.4, -0.2) is 12.0 Å². The molecule has 0 saturated carbocycles. The van der Waals surface area contributed by atoms with Crippen LogP contribution in [-0.2, 0) is 0 Å². The molecule has 1 rings (SSSR count). The van der Waals surface area contributed by atoms with Crippen LogP contribution in [0.5, 0.6) is 0 Å². The number of nitrogens with one attached hydrogen (secondary N) is 1. The van der Waals surface area contributed by atoms with Crippen molar-refractivity contribution in [3.63, 3.8) is 0 Å². The Morgan fingerprint density at radius 2 is 2.00 bits per heavy atom. The van der Waals surface area contributed by atoms with E-state index >= 15 is 0 Å². The Balaban J connectivity index is 2.70. The highest BCUT2D eigenvalue weighted by Crippen LogP contribution is 2.23. The van der Waals surface area contributed by atoms with Crippen LogP contribution in [0.1, 0.15) is 44.8 Å². The SMILES string of the molecule is CCC(CC)CC(NC)c1ccc(F)cn1. The molecule has 0 bridgehead atoms. The van der Waals surface area contributed by atoms with Gasteiger partial charge in [0.2, 0.25) is 0 Å². The molecule has 0 radical (unpaired) electrons. The summed E-state index contributed by atoms with van der Waals surface area (Å²) in [6, 6.07) is 3.46. The molecule has 1 aromatic rings. The number of nitrogens with zero attached hydrogens (tertiary/aromatic N) is 1. The van der Waals surface area contributed by atoms with E-state index in [0.717, 1.165) is 12.1 Å². The zero-order valence-electron chi connectivity index (χ0n) is 10.3. The first-order valence-corrected chi connectivity index (χ1v) is 5.99. The summed E-state index contributed by atoms with van der Waals surface area (Å²) in [4.78, 5) is 4.13. The summed E-state index contributed by atoms with van der Waals surface area (Å²) in [7, 11) is 1.93. The summed E-state index contributed by atoms with van der Waals surface area (Å²) in [5.41, 5.74) is 0.927. The van der Waals surface area contributed by atoms with Crippen molar-refractivity contribution in [3.05, 3.63) is 29.8 Å². The Hall–Kier alpha value is -0.960. The summed E-state index contributed by atoms with van der Waals surface area (Å²) in [6.45, 7) is 4.41. The van der Waals surface area contributed by atoms with E-state index < -0.39 is 0 Å². The number of halogens is 1. The van der Waals surface area contributed by atoms with E-state index in [4.69, 9.17) is 0 Å². The van der Waals surface area contributed by atoms with E-state index in [1.807, 2.05) is 7.05 Å². The van der Waals surface area contributed by atoms with Gasteiger partial charge in [-0.2, -0.15) is 0 Å². The van der Waals surface area contributed by atoms with Crippen LogP contribution in [0.25, 0.3) is 0 Å². The summed E-state index contributed by atoms with van der Waals surface area (Å²) >= 11 is 0. The van der Waals surface area contributed by atoms with Gasteiger partial charge in [0, 0.05) is 6.04 Å². The fourth-order valence-electron chi connectivity index (χ4n) is 1.94. The third kappa shape index (κ3) is 3.56. The molecule has 1 heterocycles. The summed E-state index contributed by atoms with van der Waals surface area (Å²) < 4.78 is 12.8. The monoisotopic (exact) mass is 224 g/mol. The minimum atomic E-state index is -0.277. The Labute approximate surface area is 97.3 Å². The molecule has 0 aromatic carbocycles. The third-order valence-corrected chi connectivity index (χ3v) is 3.18. The molecule has 0 saturated heterocycles. The molecule has 1 atom stereocenters. The Morgan fingerprint density at radius 1 is 1.31 bits per heavy atom. The molecule has 0 aliphatic carbocycles. The topological polar surface area (TPSA) is 24.9 Å². The van der Waals surface area contributed by atoms with Gasteiger partial charge >= 0.3 is 0 Å². The van der Waals surface area contributed by atoms with Crippen molar-refractivity contribution in [2.24, 2.45) is 5.92 Å². The van der Waals surface area contributed by atoms with Crippen molar-refractivity contribution >= 4 is 0 Å². The molecule has 16 heavy (non-hydrogen) atoms. The van der Waals surface area contributed by atoms with Crippen molar-refractivity contribution in [3.8, 4) is 0 Å². The van der Waals surface area contributed by atoms with Gasteiger partial charge in [-0.1, -0.05) is 26.7 Å². The molecule has 1 aromatic heterocycles.